The molecule has 3 unspecified atom stereocenters. The molecule has 0 bridgehead atoms. The van der Waals surface area contributed by atoms with Crippen molar-refractivity contribution < 1.29 is 13.5 Å². The average molecular weight is 544 g/mol. The molecule has 0 saturated carbocycles. The smallest absolute Gasteiger partial charge is 0.209 e. The summed E-state index contributed by atoms with van der Waals surface area (Å²) in [4.78, 5) is 13.2. The number of piperazine rings is 1. The molecule has 5 rings (SSSR count). The van der Waals surface area contributed by atoms with Crippen LogP contribution in [-0.2, 0) is 17.1 Å². The van der Waals surface area contributed by atoms with Crippen molar-refractivity contribution in [1.29, 1.82) is 0 Å². The highest BCUT2D eigenvalue weighted by Crippen LogP contribution is 2.44. The zero-order valence-corrected chi connectivity index (χ0v) is 22.2. The molecule has 196 valence electrons. The molecular formula is C25H30ClN7O3S. The minimum absolute atomic E-state index is 0.209. The summed E-state index contributed by atoms with van der Waals surface area (Å²) in [6.45, 7) is 2.54. The Kier molecular flexibility index (Phi) is 7.20. The quantitative estimate of drug-likeness (QED) is 0.399. The maximum absolute atomic E-state index is 12.5. The van der Waals surface area contributed by atoms with Crippen molar-refractivity contribution in [3.63, 3.8) is 0 Å². The molecule has 3 aromatic rings. The lowest BCUT2D eigenvalue weighted by Crippen LogP contribution is -2.54. The molecule has 1 saturated heterocycles. The van der Waals surface area contributed by atoms with E-state index in [0.717, 1.165) is 34.2 Å². The molecule has 0 amide bonds. The van der Waals surface area contributed by atoms with E-state index >= 15 is 0 Å². The first-order valence-corrected chi connectivity index (χ1v) is 14.2. The Labute approximate surface area is 221 Å². The van der Waals surface area contributed by atoms with Crippen LogP contribution in [-0.4, -0.2) is 76.6 Å². The number of hydrogen-bond acceptors (Lipinski definition) is 8. The normalized spacial score (nSPS) is 20.5. The van der Waals surface area contributed by atoms with Gasteiger partial charge in [-0.3, -0.25) is 20.5 Å². The van der Waals surface area contributed by atoms with Gasteiger partial charge in [-0.1, -0.05) is 23.7 Å². The van der Waals surface area contributed by atoms with Gasteiger partial charge >= 0.3 is 0 Å². The highest BCUT2D eigenvalue weighted by Gasteiger charge is 2.36. The van der Waals surface area contributed by atoms with Crippen molar-refractivity contribution >= 4 is 33.3 Å². The van der Waals surface area contributed by atoms with Crippen LogP contribution < -0.4 is 10.5 Å². The highest BCUT2D eigenvalue weighted by atomic mass is 35.5. The Hall–Kier alpha value is -2.64. The van der Waals surface area contributed by atoms with Gasteiger partial charge in [-0.25, -0.2) is 18.1 Å². The van der Waals surface area contributed by atoms with E-state index in [4.69, 9.17) is 22.3 Å². The first kappa shape index (κ1) is 26.0. The summed E-state index contributed by atoms with van der Waals surface area (Å²) in [6.07, 6.45) is 7.23. The lowest BCUT2D eigenvalue weighted by molar-refractivity contribution is -0.0260. The van der Waals surface area contributed by atoms with Crippen LogP contribution in [0.15, 0.2) is 49.1 Å². The van der Waals surface area contributed by atoms with Gasteiger partial charge in [0.15, 0.2) is 6.35 Å². The molecular weight excluding hydrogens is 514 g/mol. The number of aryl methyl sites for hydroxylation is 1. The van der Waals surface area contributed by atoms with E-state index in [1.165, 1.54) is 0 Å². The number of halogens is 1. The molecule has 0 spiro atoms. The Morgan fingerprint density at radius 1 is 1.22 bits per heavy atom. The fourth-order valence-electron chi connectivity index (χ4n) is 5.20. The molecule has 12 heteroatoms. The van der Waals surface area contributed by atoms with Crippen molar-refractivity contribution in [2.45, 2.75) is 18.4 Å². The summed E-state index contributed by atoms with van der Waals surface area (Å²) >= 11 is 6.53. The predicted octanol–water partition coefficient (Wildman–Crippen LogP) is 1.55. The molecule has 2 aromatic heterocycles. The summed E-state index contributed by atoms with van der Waals surface area (Å²) in [5, 5.41) is 10.4. The minimum Gasteiger partial charge on any atom is -0.365 e. The number of nitrogens with one attached hydrogen (secondary N) is 1. The second-order valence-corrected chi connectivity index (χ2v) is 11.7. The second-order valence-electron chi connectivity index (χ2n) is 9.45. The van der Waals surface area contributed by atoms with E-state index in [1.807, 2.05) is 48.4 Å². The zero-order valence-electron chi connectivity index (χ0n) is 20.6. The number of pyridine rings is 1. The molecule has 37 heavy (non-hydrogen) atoms. The van der Waals surface area contributed by atoms with Gasteiger partial charge in [-0.05, 0) is 46.5 Å². The number of imidazole rings is 1. The number of aliphatic hydroxyl groups is 1. The summed E-state index contributed by atoms with van der Waals surface area (Å²) in [7, 11) is -1.77. The van der Waals surface area contributed by atoms with Crippen LogP contribution in [0.2, 0.25) is 5.02 Å². The zero-order chi connectivity index (χ0) is 26.3. The Morgan fingerprint density at radius 2 is 1.97 bits per heavy atom. The number of sulfonamides is 1. The maximum atomic E-state index is 12.5. The number of nitrogens with zero attached hydrogens (tertiary/aromatic N) is 5. The van der Waals surface area contributed by atoms with Crippen molar-refractivity contribution in [3.8, 4) is 0 Å². The van der Waals surface area contributed by atoms with Crippen LogP contribution in [0.25, 0.3) is 11.6 Å². The molecule has 0 radical (unpaired) electrons. The second kappa shape index (κ2) is 10.3. The molecule has 1 fully saturated rings. The number of fused-ring (bicyclic) bond motifs is 2. The highest BCUT2D eigenvalue weighted by molar-refractivity contribution is 7.88. The van der Waals surface area contributed by atoms with E-state index < -0.39 is 22.4 Å². The minimum atomic E-state index is -3.60. The maximum Gasteiger partial charge on any atom is 0.209 e. The van der Waals surface area contributed by atoms with Crippen LogP contribution in [0, 0.1) is 0 Å². The van der Waals surface area contributed by atoms with Crippen LogP contribution in [0.1, 0.15) is 40.2 Å². The van der Waals surface area contributed by atoms with Crippen LogP contribution >= 0.6 is 11.6 Å². The number of aromatic nitrogens is 3. The molecule has 10 nitrogen and oxygen atoms in total. The standard InChI is InChI=1S/C25H30ClN7O3S/c1-31-15-28-14-21(31)23(30-37(2,35)36)20-12-16-4-3-7-29-22(16)24(18-6-5-17(26)13-19(18)20)32-8-10-33(11-9-32)25(27)34/h3-7,12-15,23-25,30,34H,8-11,27H2,1-2H3. The van der Waals surface area contributed by atoms with Gasteiger partial charge < -0.3 is 9.67 Å². The fraction of sp³-hybridized carbons (Fsp3) is 0.360. The molecule has 1 aliphatic carbocycles. The largest absolute Gasteiger partial charge is 0.365 e. The number of rotatable bonds is 6. The van der Waals surface area contributed by atoms with Gasteiger partial charge in [-0.15, -0.1) is 0 Å². The summed E-state index contributed by atoms with van der Waals surface area (Å²) in [5.41, 5.74) is 10.7. The van der Waals surface area contributed by atoms with Crippen molar-refractivity contribution in [2.75, 3.05) is 32.4 Å². The van der Waals surface area contributed by atoms with Crippen LogP contribution in [0.5, 0.6) is 0 Å². The van der Waals surface area contributed by atoms with Gasteiger partial charge in [0.05, 0.1) is 42.3 Å². The van der Waals surface area contributed by atoms with Crippen molar-refractivity contribution in [1.82, 2.24) is 29.1 Å². The third-order valence-electron chi connectivity index (χ3n) is 6.94. The summed E-state index contributed by atoms with van der Waals surface area (Å²) in [6, 6.07) is 8.67. The number of nitrogens with two attached hydrogens (primary N) is 1. The monoisotopic (exact) mass is 543 g/mol. The summed E-state index contributed by atoms with van der Waals surface area (Å²) in [5.74, 6) is 0. The van der Waals surface area contributed by atoms with Gasteiger partial charge in [-0.2, -0.15) is 0 Å². The lowest BCUT2D eigenvalue weighted by Gasteiger charge is -2.40. The van der Waals surface area contributed by atoms with E-state index in [1.54, 1.807) is 23.3 Å². The van der Waals surface area contributed by atoms with E-state index in [-0.39, 0.29) is 6.04 Å². The summed E-state index contributed by atoms with van der Waals surface area (Å²) < 4.78 is 29.7. The SMILES string of the molecule is Cn1cncc1C(NS(C)(=O)=O)C1=Cc2cccnc2C(N2CCN(C(N)O)CC2)c2ccc(Cl)cc21. The van der Waals surface area contributed by atoms with E-state index in [9.17, 15) is 13.5 Å². The Balaban J connectivity index is 1.70. The Bertz CT molecular complexity index is 1430. The van der Waals surface area contributed by atoms with E-state index in [0.29, 0.717) is 36.9 Å². The first-order valence-electron chi connectivity index (χ1n) is 11.9. The van der Waals surface area contributed by atoms with Gasteiger partial charge in [0.1, 0.15) is 0 Å². The molecule has 2 aliphatic rings. The topological polar surface area (TPSA) is 130 Å². The van der Waals surface area contributed by atoms with Gasteiger partial charge in [0.25, 0.3) is 0 Å². The predicted molar refractivity (Wildman–Crippen MR) is 143 cm³/mol. The van der Waals surface area contributed by atoms with Gasteiger partial charge in [0, 0.05) is 44.4 Å². The van der Waals surface area contributed by atoms with E-state index in [2.05, 4.69) is 14.6 Å². The van der Waals surface area contributed by atoms with Crippen LogP contribution in [0.4, 0.5) is 0 Å². The molecule has 1 aromatic carbocycles. The Morgan fingerprint density at radius 3 is 2.62 bits per heavy atom. The number of aliphatic hydroxyl groups excluding tert-OH is 1. The third kappa shape index (κ3) is 5.34. The van der Waals surface area contributed by atoms with Crippen molar-refractivity contribution in [2.24, 2.45) is 12.8 Å². The first-order chi connectivity index (χ1) is 17.6. The molecule has 4 N–H and O–H groups in total. The van der Waals surface area contributed by atoms with Crippen molar-refractivity contribution in [3.05, 3.63) is 82.2 Å². The third-order valence-corrected chi connectivity index (χ3v) is 7.84. The van der Waals surface area contributed by atoms with Crippen LogP contribution in [0.3, 0.4) is 0 Å². The number of hydrogen-bond donors (Lipinski definition) is 3. The average Bonchev–Trinajstić information content (AvgIpc) is 3.22. The fourth-order valence-corrected chi connectivity index (χ4v) is 6.05. The molecule has 3 heterocycles. The van der Waals surface area contributed by atoms with Gasteiger partial charge in [0.2, 0.25) is 10.0 Å². The lowest BCUT2D eigenvalue weighted by atomic mass is 9.90. The molecule has 3 atom stereocenters. The molecule has 1 aliphatic heterocycles. The number of benzene rings is 1.